The van der Waals surface area contributed by atoms with E-state index in [0.717, 1.165) is 44.5 Å². The summed E-state index contributed by atoms with van der Waals surface area (Å²) < 4.78 is 1.94. The zero-order chi connectivity index (χ0) is 12.4. The maximum atomic E-state index is 4.16. The monoisotopic (exact) mass is 250 g/mol. The minimum absolute atomic E-state index is 0.674. The highest BCUT2D eigenvalue weighted by molar-refractivity contribution is 4.91. The maximum absolute atomic E-state index is 4.16. The molecule has 1 N–H and O–H groups in total. The summed E-state index contributed by atoms with van der Waals surface area (Å²) in [5.41, 5.74) is 0. The number of aromatic nitrogens is 4. The molecule has 3 rings (SSSR count). The number of likely N-dealkylation sites (tertiary alicyclic amines) is 1. The van der Waals surface area contributed by atoms with Crippen LogP contribution in [0.25, 0.3) is 0 Å². The Kier molecular flexibility index (Phi) is 3.56. The largest absolute Gasteiger partial charge is 0.310 e. The van der Waals surface area contributed by atoms with Crippen LogP contribution in [0.1, 0.15) is 38.4 Å². The highest BCUT2D eigenvalue weighted by Gasteiger charge is 2.29. The van der Waals surface area contributed by atoms with Gasteiger partial charge in [0.15, 0.2) is 5.82 Å². The normalized spacial score (nSPS) is 28.5. The van der Waals surface area contributed by atoms with E-state index in [4.69, 9.17) is 0 Å². The van der Waals surface area contributed by atoms with Crippen LogP contribution in [0.3, 0.4) is 0 Å². The van der Waals surface area contributed by atoms with Gasteiger partial charge in [0, 0.05) is 31.7 Å². The molecule has 3 heterocycles. The maximum Gasteiger partial charge on any atom is 0.165 e. The van der Waals surface area contributed by atoms with Gasteiger partial charge >= 0.3 is 0 Å². The molecule has 0 radical (unpaired) electrons. The van der Waals surface area contributed by atoms with Crippen LogP contribution in [-0.2, 0) is 13.1 Å². The van der Waals surface area contributed by atoms with Crippen LogP contribution in [0.15, 0.2) is 0 Å². The van der Waals surface area contributed by atoms with Gasteiger partial charge in [0.05, 0.1) is 6.54 Å². The summed E-state index contributed by atoms with van der Waals surface area (Å²) in [7, 11) is 0. The highest BCUT2D eigenvalue weighted by Crippen LogP contribution is 2.21. The van der Waals surface area contributed by atoms with Crippen molar-refractivity contribution in [3.05, 3.63) is 5.82 Å². The number of aryl methyl sites for hydroxylation is 1. The molecule has 2 aliphatic rings. The second-order valence-corrected chi connectivity index (χ2v) is 5.48. The number of hydrogen-bond donors (Lipinski definition) is 1. The average Bonchev–Trinajstić information content (AvgIpc) is 2.90. The van der Waals surface area contributed by atoms with Gasteiger partial charge in [-0.1, -0.05) is 6.92 Å². The standard InChI is InChI=1S/C12H22N6/c1-2-6-18-12(14-15-16-18)9-17-7-5-10-3-4-11(8-17)13-10/h10-11,13H,2-9H2,1H3. The summed E-state index contributed by atoms with van der Waals surface area (Å²) in [5.74, 6) is 1.01. The van der Waals surface area contributed by atoms with Crippen LogP contribution in [0.4, 0.5) is 0 Å². The van der Waals surface area contributed by atoms with Crippen molar-refractivity contribution >= 4 is 0 Å². The molecule has 0 aliphatic carbocycles. The molecule has 2 bridgehead atoms. The van der Waals surface area contributed by atoms with E-state index < -0.39 is 0 Å². The molecule has 2 unspecified atom stereocenters. The first-order chi connectivity index (χ1) is 8.85. The van der Waals surface area contributed by atoms with E-state index in [-0.39, 0.29) is 0 Å². The van der Waals surface area contributed by atoms with Gasteiger partial charge in [0.1, 0.15) is 0 Å². The number of tetrazole rings is 1. The first-order valence-corrected chi connectivity index (χ1v) is 7.08. The Morgan fingerprint density at radius 1 is 1.28 bits per heavy atom. The lowest BCUT2D eigenvalue weighted by Gasteiger charge is -2.23. The molecular weight excluding hydrogens is 228 g/mol. The van der Waals surface area contributed by atoms with E-state index in [1.807, 2.05) is 4.68 Å². The molecule has 1 aromatic rings. The molecule has 6 heteroatoms. The van der Waals surface area contributed by atoms with Crippen LogP contribution >= 0.6 is 0 Å². The molecule has 2 saturated heterocycles. The Balaban J connectivity index is 1.63. The fourth-order valence-electron chi connectivity index (χ4n) is 3.08. The average molecular weight is 250 g/mol. The number of rotatable bonds is 4. The van der Waals surface area contributed by atoms with E-state index in [9.17, 15) is 0 Å². The number of nitrogens with zero attached hydrogens (tertiary/aromatic N) is 5. The minimum Gasteiger partial charge on any atom is -0.310 e. The number of fused-ring (bicyclic) bond motifs is 2. The Morgan fingerprint density at radius 2 is 2.17 bits per heavy atom. The van der Waals surface area contributed by atoms with Crippen molar-refractivity contribution in [1.29, 1.82) is 0 Å². The summed E-state index contributed by atoms with van der Waals surface area (Å²) >= 11 is 0. The second-order valence-electron chi connectivity index (χ2n) is 5.48. The predicted octanol–water partition coefficient (Wildman–Crippen LogP) is 0.409. The molecular formula is C12H22N6. The van der Waals surface area contributed by atoms with E-state index >= 15 is 0 Å². The van der Waals surface area contributed by atoms with Crippen molar-refractivity contribution in [1.82, 2.24) is 30.4 Å². The summed E-state index contributed by atoms with van der Waals surface area (Å²) in [4.78, 5) is 2.49. The molecule has 0 amide bonds. The van der Waals surface area contributed by atoms with Crippen molar-refractivity contribution in [3.63, 3.8) is 0 Å². The molecule has 100 valence electrons. The summed E-state index contributed by atoms with van der Waals surface area (Å²) in [5, 5.41) is 15.7. The van der Waals surface area contributed by atoms with Gasteiger partial charge in [0.25, 0.3) is 0 Å². The topological polar surface area (TPSA) is 58.9 Å². The molecule has 2 fully saturated rings. The van der Waals surface area contributed by atoms with Crippen LogP contribution in [0, 0.1) is 0 Å². The molecule has 0 spiro atoms. The smallest absolute Gasteiger partial charge is 0.165 e. The first kappa shape index (κ1) is 12.0. The van der Waals surface area contributed by atoms with Gasteiger partial charge in [-0.3, -0.25) is 4.90 Å². The fraction of sp³-hybridized carbons (Fsp3) is 0.917. The van der Waals surface area contributed by atoms with Crippen molar-refractivity contribution in [2.24, 2.45) is 0 Å². The number of hydrogen-bond acceptors (Lipinski definition) is 5. The summed E-state index contributed by atoms with van der Waals surface area (Å²) in [6.07, 6.45) is 5.00. The van der Waals surface area contributed by atoms with Gasteiger partial charge in [-0.2, -0.15) is 0 Å². The number of nitrogens with one attached hydrogen (secondary N) is 1. The van der Waals surface area contributed by atoms with Crippen molar-refractivity contribution in [2.45, 2.75) is 57.8 Å². The molecule has 2 atom stereocenters. The van der Waals surface area contributed by atoms with E-state index in [2.05, 4.69) is 32.7 Å². The summed E-state index contributed by atoms with van der Waals surface area (Å²) in [6, 6.07) is 1.42. The quantitative estimate of drug-likeness (QED) is 0.838. The molecule has 6 nitrogen and oxygen atoms in total. The van der Waals surface area contributed by atoms with Crippen molar-refractivity contribution in [2.75, 3.05) is 13.1 Å². The fourth-order valence-corrected chi connectivity index (χ4v) is 3.08. The lowest BCUT2D eigenvalue weighted by Crippen LogP contribution is -2.35. The third-order valence-corrected chi connectivity index (χ3v) is 4.01. The van der Waals surface area contributed by atoms with Crippen LogP contribution in [-0.4, -0.2) is 50.3 Å². The first-order valence-electron chi connectivity index (χ1n) is 7.08. The van der Waals surface area contributed by atoms with Gasteiger partial charge in [0.2, 0.25) is 0 Å². The van der Waals surface area contributed by atoms with E-state index in [1.54, 1.807) is 0 Å². The highest BCUT2D eigenvalue weighted by atomic mass is 15.5. The Morgan fingerprint density at radius 3 is 3.06 bits per heavy atom. The molecule has 1 aromatic heterocycles. The van der Waals surface area contributed by atoms with Crippen LogP contribution < -0.4 is 5.32 Å². The van der Waals surface area contributed by atoms with Crippen LogP contribution in [0.5, 0.6) is 0 Å². The second kappa shape index (κ2) is 5.32. The molecule has 0 saturated carbocycles. The third kappa shape index (κ3) is 2.54. The SMILES string of the molecule is CCCn1nnnc1CN1CCC2CCC(C1)N2. The van der Waals surface area contributed by atoms with Crippen molar-refractivity contribution in [3.8, 4) is 0 Å². The summed E-state index contributed by atoms with van der Waals surface area (Å²) in [6.45, 7) is 6.25. The Bertz CT molecular complexity index is 390. The predicted molar refractivity (Wildman–Crippen MR) is 67.9 cm³/mol. The minimum atomic E-state index is 0.674. The third-order valence-electron chi connectivity index (χ3n) is 4.01. The zero-order valence-electron chi connectivity index (χ0n) is 11.0. The van der Waals surface area contributed by atoms with Crippen molar-refractivity contribution < 1.29 is 0 Å². The lowest BCUT2D eigenvalue weighted by atomic mass is 10.1. The van der Waals surface area contributed by atoms with Gasteiger partial charge in [-0.25, -0.2) is 4.68 Å². The van der Waals surface area contributed by atoms with Gasteiger partial charge in [-0.05, 0) is 36.1 Å². The van der Waals surface area contributed by atoms with E-state index in [0.29, 0.717) is 6.04 Å². The molecule has 0 aromatic carbocycles. The molecule has 18 heavy (non-hydrogen) atoms. The van der Waals surface area contributed by atoms with Gasteiger partial charge in [-0.15, -0.1) is 5.10 Å². The Labute approximate surface area is 108 Å². The Hall–Kier alpha value is -1.01. The van der Waals surface area contributed by atoms with Gasteiger partial charge < -0.3 is 5.32 Å². The lowest BCUT2D eigenvalue weighted by molar-refractivity contribution is 0.240. The van der Waals surface area contributed by atoms with Crippen LogP contribution in [0.2, 0.25) is 0 Å². The zero-order valence-corrected chi connectivity index (χ0v) is 11.0. The molecule has 2 aliphatic heterocycles. The van der Waals surface area contributed by atoms with E-state index in [1.165, 1.54) is 19.3 Å².